The maximum Gasteiger partial charge on any atom is 0.221 e. The SMILES string of the molecule is CC(=O)Nc1ccc(CNCC(C)(C)C#N)cc1. The fourth-order valence-electron chi connectivity index (χ4n) is 1.47. The predicted molar refractivity (Wildman–Crippen MR) is 71.8 cm³/mol. The van der Waals surface area contributed by atoms with Gasteiger partial charge in [-0.2, -0.15) is 5.26 Å². The van der Waals surface area contributed by atoms with Crippen LogP contribution in [-0.2, 0) is 11.3 Å². The van der Waals surface area contributed by atoms with Crippen LogP contribution >= 0.6 is 0 Å². The van der Waals surface area contributed by atoms with Gasteiger partial charge in [0.25, 0.3) is 0 Å². The molecule has 1 amide bonds. The number of hydrogen-bond donors (Lipinski definition) is 2. The zero-order chi connectivity index (χ0) is 13.6. The third kappa shape index (κ3) is 4.98. The lowest BCUT2D eigenvalue weighted by molar-refractivity contribution is -0.114. The molecule has 0 spiro atoms. The first-order valence-corrected chi connectivity index (χ1v) is 5.91. The molecule has 0 saturated heterocycles. The highest BCUT2D eigenvalue weighted by molar-refractivity contribution is 5.88. The number of nitrogens with one attached hydrogen (secondary N) is 2. The molecule has 1 rings (SSSR count). The Morgan fingerprint density at radius 1 is 1.33 bits per heavy atom. The van der Waals surface area contributed by atoms with E-state index >= 15 is 0 Å². The van der Waals surface area contributed by atoms with Crippen molar-refractivity contribution in [1.29, 1.82) is 5.26 Å². The van der Waals surface area contributed by atoms with Crippen LogP contribution in [0.2, 0.25) is 0 Å². The zero-order valence-electron chi connectivity index (χ0n) is 11.1. The van der Waals surface area contributed by atoms with Gasteiger partial charge in [-0.3, -0.25) is 4.79 Å². The third-order valence-electron chi connectivity index (χ3n) is 2.47. The van der Waals surface area contributed by atoms with Crippen LogP contribution in [0, 0.1) is 16.7 Å². The Kier molecular flexibility index (Phi) is 4.87. The van der Waals surface area contributed by atoms with E-state index in [1.807, 2.05) is 38.1 Å². The zero-order valence-corrected chi connectivity index (χ0v) is 11.1. The number of rotatable bonds is 5. The Morgan fingerprint density at radius 3 is 2.44 bits per heavy atom. The first-order chi connectivity index (χ1) is 8.43. The molecule has 0 aliphatic heterocycles. The monoisotopic (exact) mass is 245 g/mol. The number of carbonyl (C=O) groups excluding carboxylic acids is 1. The Morgan fingerprint density at radius 2 is 1.94 bits per heavy atom. The van der Waals surface area contributed by atoms with Gasteiger partial charge < -0.3 is 10.6 Å². The lowest BCUT2D eigenvalue weighted by atomic mass is 9.96. The van der Waals surface area contributed by atoms with Crippen molar-refractivity contribution in [1.82, 2.24) is 5.32 Å². The van der Waals surface area contributed by atoms with E-state index in [2.05, 4.69) is 16.7 Å². The molecular weight excluding hydrogens is 226 g/mol. The normalized spacial score (nSPS) is 10.8. The van der Waals surface area contributed by atoms with Crippen molar-refractivity contribution in [2.24, 2.45) is 5.41 Å². The van der Waals surface area contributed by atoms with Crippen molar-refractivity contribution in [3.05, 3.63) is 29.8 Å². The van der Waals surface area contributed by atoms with E-state index in [4.69, 9.17) is 5.26 Å². The van der Waals surface area contributed by atoms with Crippen LogP contribution in [0.25, 0.3) is 0 Å². The summed E-state index contributed by atoms with van der Waals surface area (Å²) in [6, 6.07) is 9.90. The van der Waals surface area contributed by atoms with E-state index in [9.17, 15) is 4.79 Å². The van der Waals surface area contributed by atoms with Gasteiger partial charge in [-0.1, -0.05) is 12.1 Å². The average molecular weight is 245 g/mol. The van der Waals surface area contributed by atoms with E-state index < -0.39 is 0 Å². The van der Waals surface area contributed by atoms with Crippen molar-refractivity contribution in [2.45, 2.75) is 27.3 Å². The summed E-state index contributed by atoms with van der Waals surface area (Å²) in [6.45, 7) is 6.65. The summed E-state index contributed by atoms with van der Waals surface area (Å²) in [7, 11) is 0. The Bertz CT molecular complexity index is 443. The molecule has 0 unspecified atom stereocenters. The smallest absolute Gasteiger partial charge is 0.221 e. The van der Waals surface area contributed by atoms with Crippen molar-refractivity contribution in [3.8, 4) is 6.07 Å². The summed E-state index contributed by atoms with van der Waals surface area (Å²) in [4.78, 5) is 10.9. The van der Waals surface area contributed by atoms with Crippen LogP contribution in [0.4, 0.5) is 5.69 Å². The summed E-state index contributed by atoms with van der Waals surface area (Å²) >= 11 is 0. The Labute approximate surface area is 108 Å². The summed E-state index contributed by atoms with van der Waals surface area (Å²) in [5, 5.41) is 14.8. The molecule has 0 aliphatic rings. The topological polar surface area (TPSA) is 64.9 Å². The molecule has 0 atom stereocenters. The van der Waals surface area contributed by atoms with Gasteiger partial charge in [-0.15, -0.1) is 0 Å². The number of amides is 1. The fraction of sp³-hybridized carbons (Fsp3) is 0.429. The Hall–Kier alpha value is -1.86. The molecule has 0 fully saturated rings. The minimum Gasteiger partial charge on any atom is -0.326 e. The molecule has 0 aliphatic carbocycles. The Balaban J connectivity index is 2.45. The molecule has 1 aromatic carbocycles. The number of benzene rings is 1. The number of carbonyl (C=O) groups is 1. The van der Waals surface area contributed by atoms with Crippen LogP contribution in [0.1, 0.15) is 26.3 Å². The summed E-state index contributed by atoms with van der Waals surface area (Å²) < 4.78 is 0. The summed E-state index contributed by atoms with van der Waals surface area (Å²) in [6.07, 6.45) is 0. The first kappa shape index (κ1) is 14.2. The number of nitrogens with zero attached hydrogens (tertiary/aromatic N) is 1. The lowest BCUT2D eigenvalue weighted by Crippen LogP contribution is -2.27. The molecular formula is C14H19N3O. The minimum atomic E-state index is -0.351. The molecule has 1 aromatic rings. The first-order valence-electron chi connectivity index (χ1n) is 5.91. The molecule has 18 heavy (non-hydrogen) atoms. The van der Waals surface area contributed by atoms with E-state index in [1.54, 1.807) is 0 Å². The molecule has 4 nitrogen and oxygen atoms in total. The standard InChI is InChI=1S/C14H19N3O/c1-11(18)17-13-6-4-12(5-7-13)8-16-10-14(2,3)9-15/h4-7,16H,8,10H2,1-3H3,(H,17,18). The molecule has 0 heterocycles. The van der Waals surface area contributed by atoms with Crippen molar-refractivity contribution in [3.63, 3.8) is 0 Å². The van der Waals surface area contributed by atoms with Crippen LogP contribution in [-0.4, -0.2) is 12.5 Å². The summed E-state index contributed by atoms with van der Waals surface area (Å²) in [5.74, 6) is -0.0726. The number of hydrogen-bond acceptors (Lipinski definition) is 3. The molecule has 0 radical (unpaired) electrons. The van der Waals surface area contributed by atoms with E-state index in [0.717, 1.165) is 11.3 Å². The van der Waals surface area contributed by atoms with Gasteiger partial charge >= 0.3 is 0 Å². The minimum absolute atomic E-state index is 0.0726. The van der Waals surface area contributed by atoms with Crippen molar-refractivity contribution >= 4 is 11.6 Å². The second-order valence-electron chi connectivity index (χ2n) is 4.98. The number of nitriles is 1. The van der Waals surface area contributed by atoms with Crippen molar-refractivity contribution in [2.75, 3.05) is 11.9 Å². The lowest BCUT2D eigenvalue weighted by Gasteiger charge is -2.15. The van der Waals surface area contributed by atoms with Crippen molar-refractivity contribution < 1.29 is 4.79 Å². The second-order valence-corrected chi connectivity index (χ2v) is 4.98. The molecule has 4 heteroatoms. The van der Waals surface area contributed by atoms with Gasteiger partial charge in [0, 0.05) is 25.7 Å². The van der Waals surface area contributed by atoms with Crippen LogP contribution in [0.5, 0.6) is 0 Å². The molecule has 0 saturated carbocycles. The maximum absolute atomic E-state index is 10.9. The summed E-state index contributed by atoms with van der Waals surface area (Å²) in [5.41, 5.74) is 1.57. The van der Waals surface area contributed by atoms with Gasteiger partial charge in [0.05, 0.1) is 11.5 Å². The molecule has 96 valence electrons. The maximum atomic E-state index is 10.9. The predicted octanol–water partition coefficient (Wildman–Crippen LogP) is 2.28. The number of anilines is 1. The fourth-order valence-corrected chi connectivity index (χ4v) is 1.47. The molecule has 0 aromatic heterocycles. The molecule has 0 bridgehead atoms. The van der Waals surface area contributed by atoms with E-state index in [1.165, 1.54) is 6.92 Å². The quantitative estimate of drug-likeness (QED) is 0.836. The van der Waals surface area contributed by atoms with Crippen LogP contribution < -0.4 is 10.6 Å². The molecule has 2 N–H and O–H groups in total. The van der Waals surface area contributed by atoms with Gasteiger partial charge in [0.2, 0.25) is 5.91 Å². The largest absolute Gasteiger partial charge is 0.326 e. The van der Waals surface area contributed by atoms with Crippen LogP contribution in [0.15, 0.2) is 24.3 Å². The van der Waals surface area contributed by atoms with Crippen LogP contribution in [0.3, 0.4) is 0 Å². The average Bonchev–Trinajstić information content (AvgIpc) is 2.30. The van der Waals surface area contributed by atoms with Gasteiger partial charge in [-0.25, -0.2) is 0 Å². The highest BCUT2D eigenvalue weighted by atomic mass is 16.1. The van der Waals surface area contributed by atoms with Gasteiger partial charge in [-0.05, 0) is 31.5 Å². The van der Waals surface area contributed by atoms with Gasteiger partial charge in [0.1, 0.15) is 0 Å². The second kappa shape index (κ2) is 6.18. The highest BCUT2D eigenvalue weighted by Crippen LogP contribution is 2.12. The highest BCUT2D eigenvalue weighted by Gasteiger charge is 2.15. The van der Waals surface area contributed by atoms with E-state index in [0.29, 0.717) is 13.1 Å². The van der Waals surface area contributed by atoms with E-state index in [-0.39, 0.29) is 11.3 Å². The van der Waals surface area contributed by atoms with Gasteiger partial charge in [0.15, 0.2) is 0 Å². The third-order valence-corrected chi connectivity index (χ3v) is 2.47.